The lowest BCUT2D eigenvalue weighted by Crippen LogP contribution is -2.15. The maximum Gasteiger partial charge on any atom is 0.337 e. The number of ether oxygens (including phenoxy) is 2. The molecular weight excluding hydrogens is 100 g/mol. The lowest BCUT2D eigenvalue weighted by atomic mass is 10.7. The summed E-state index contributed by atoms with van der Waals surface area (Å²) in [4.78, 5) is 0. The Labute approximate surface area is 40.3 Å². The normalized spacial score (nSPS) is 49.3. The molecule has 1 aliphatic rings. The van der Waals surface area contributed by atoms with Gasteiger partial charge in [-0.1, -0.05) is 0 Å². The summed E-state index contributed by atoms with van der Waals surface area (Å²) < 4.78 is 8.39. The monoisotopic (exact) mass is 106 g/mol. The Hall–Kier alpha value is -0.160. The van der Waals surface area contributed by atoms with Gasteiger partial charge in [-0.15, -0.1) is 0 Å². The smallest absolute Gasteiger partial charge is 0.337 e. The van der Waals surface area contributed by atoms with E-state index in [1.165, 1.54) is 7.11 Å². The number of aliphatic hydroxyl groups excluding tert-OH is 1. The van der Waals surface area contributed by atoms with Crippen LogP contribution in [0.3, 0.4) is 0 Å². The summed E-state index contributed by atoms with van der Waals surface area (Å²) >= 11 is 0. The first-order valence-electron chi connectivity index (χ1n) is 1.82. The van der Waals surface area contributed by atoms with Crippen molar-refractivity contribution in [3.8, 4) is 0 Å². The lowest BCUT2D eigenvalue weighted by Gasteiger charge is -1.95. The molecule has 1 aliphatic heterocycles. The molecule has 0 bridgehead atoms. The second-order valence-electron chi connectivity index (χ2n) is 1.31. The van der Waals surface area contributed by atoms with Crippen LogP contribution in [0.2, 0.25) is 0 Å². The quantitative estimate of drug-likeness (QED) is 0.319. The molecule has 0 amide bonds. The van der Waals surface area contributed by atoms with Crippen LogP contribution in [0.1, 0.15) is 0 Å². The molecule has 4 nitrogen and oxygen atoms in total. The molecule has 0 aromatic heterocycles. The second kappa shape index (κ2) is 1.16. The summed E-state index contributed by atoms with van der Waals surface area (Å²) in [6.07, 6.45) is -1.16. The summed E-state index contributed by atoms with van der Waals surface area (Å²) in [5.74, 6) is -1.69. The van der Waals surface area contributed by atoms with Crippen molar-refractivity contribution in [2.24, 2.45) is 0 Å². The van der Waals surface area contributed by atoms with Crippen molar-refractivity contribution in [2.45, 2.75) is 12.3 Å². The molecule has 0 spiro atoms. The predicted octanol–water partition coefficient (Wildman–Crippen LogP) is -1.37. The lowest BCUT2D eigenvalue weighted by molar-refractivity contribution is -0.178. The molecule has 0 saturated carbocycles. The van der Waals surface area contributed by atoms with E-state index in [-0.39, 0.29) is 0 Å². The number of hydrogen-bond acceptors (Lipinski definition) is 4. The van der Waals surface area contributed by atoms with Gasteiger partial charge in [0.15, 0.2) is 0 Å². The van der Waals surface area contributed by atoms with E-state index in [2.05, 4.69) is 9.47 Å². The fraction of sp³-hybridized carbons (Fsp3) is 1.00. The molecule has 1 rings (SSSR count). The molecule has 1 saturated heterocycles. The van der Waals surface area contributed by atoms with Crippen LogP contribution in [0.15, 0.2) is 0 Å². The van der Waals surface area contributed by atoms with Crippen molar-refractivity contribution >= 4 is 0 Å². The van der Waals surface area contributed by atoms with Gasteiger partial charge >= 0.3 is 5.97 Å². The van der Waals surface area contributed by atoms with Gasteiger partial charge in [0.1, 0.15) is 0 Å². The molecule has 2 atom stereocenters. The van der Waals surface area contributed by atoms with Gasteiger partial charge in [0.25, 0.3) is 0 Å². The Kier molecular flexibility index (Phi) is 0.829. The molecule has 0 aromatic carbocycles. The molecular formula is C3H6O4. The highest BCUT2D eigenvalue weighted by atomic mass is 17.0. The zero-order valence-corrected chi connectivity index (χ0v) is 3.79. The van der Waals surface area contributed by atoms with Gasteiger partial charge in [-0.3, -0.25) is 4.74 Å². The van der Waals surface area contributed by atoms with Gasteiger partial charge in [0.05, 0.1) is 0 Å². The van der Waals surface area contributed by atoms with Crippen LogP contribution in [0.5, 0.6) is 0 Å². The number of hydrogen-bond donors (Lipinski definition) is 2. The summed E-state index contributed by atoms with van der Waals surface area (Å²) in [5.41, 5.74) is 0. The third kappa shape index (κ3) is 0.614. The van der Waals surface area contributed by atoms with Crippen LogP contribution in [0.25, 0.3) is 0 Å². The maximum atomic E-state index is 8.51. The number of rotatable bonds is 1. The van der Waals surface area contributed by atoms with E-state index in [4.69, 9.17) is 10.2 Å². The third-order valence-corrected chi connectivity index (χ3v) is 0.828. The van der Waals surface area contributed by atoms with Gasteiger partial charge < -0.3 is 14.9 Å². The molecule has 2 N–H and O–H groups in total. The summed E-state index contributed by atoms with van der Waals surface area (Å²) in [6, 6.07) is 0. The predicted molar refractivity (Wildman–Crippen MR) is 19.1 cm³/mol. The van der Waals surface area contributed by atoms with Crippen molar-refractivity contribution in [3.05, 3.63) is 0 Å². The SMILES string of the molecule is COC1(O)OC1O. The van der Waals surface area contributed by atoms with Gasteiger partial charge in [-0.05, 0) is 0 Å². The van der Waals surface area contributed by atoms with Crippen LogP contribution in [0.4, 0.5) is 0 Å². The first-order valence-corrected chi connectivity index (χ1v) is 1.82. The number of epoxide rings is 1. The minimum Gasteiger partial charge on any atom is -0.362 e. The van der Waals surface area contributed by atoms with Crippen LogP contribution >= 0.6 is 0 Å². The Morgan fingerprint density at radius 1 is 1.86 bits per heavy atom. The van der Waals surface area contributed by atoms with E-state index < -0.39 is 12.3 Å². The highest BCUT2D eigenvalue weighted by Crippen LogP contribution is 2.30. The highest BCUT2D eigenvalue weighted by Gasteiger charge is 2.56. The summed E-state index contributed by atoms with van der Waals surface area (Å²) in [6.45, 7) is 0. The van der Waals surface area contributed by atoms with Crippen LogP contribution < -0.4 is 0 Å². The molecule has 2 unspecified atom stereocenters. The first kappa shape index (κ1) is 4.99. The minimum atomic E-state index is -1.69. The van der Waals surface area contributed by atoms with E-state index in [1.807, 2.05) is 0 Å². The first-order chi connectivity index (χ1) is 3.19. The average Bonchev–Trinajstić information content (AvgIpc) is 2.18. The van der Waals surface area contributed by atoms with E-state index in [9.17, 15) is 0 Å². The molecule has 1 fully saturated rings. The molecule has 0 radical (unpaired) electrons. The van der Waals surface area contributed by atoms with Gasteiger partial charge in [-0.25, -0.2) is 0 Å². The third-order valence-electron chi connectivity index (χ3n) is 0.828. The molecule has 7 heavy (non-hydrogen) atoms. The van der Waals surface area contributed by atoms with Gasteiger partial charge in [0, 0.05) is 7.11 Å². The maximum absolute atomic E-state index is 8.51. The largest absolute Gasteiger partial charge is 0.362 e. The van der Waals surface area contributed by atoms with Crippen LogP contribution in [-0.2, 0) is 9.47 Å². The van der Waals surface area contributed by atoms with Crippen molar-refractivity contribution in [1.29, 1.82) is 0 Å². The van der Waals surface area contributed by atoms with Crippen LogP contribution in [0, 0.1) is 0 Å². The Bertz CT molecular complexity index is 79.0. The van der Waals surface area contributed by atoms with Crippen molar-refractivity contribution in [1.82, 2.24) is 0 Å². The van der Waals surface area contributed by atoms with Gasteiger partial charge in [0.2, 0.25) is 6.29 Å². The fourth-order valence-corrected chi connectivity index (χ4v) is 0.275. The molecule has 4 heteroatoms. The van der Waals surface area contributed by atoms with E-state index in [0.717, 1.165) is 0 Å². The Morgan fingerprint density at radius 2 is 2.29 bits per heavy atom. The number of methoxy groups -OCH3 is 1. The molecule has 0 aromatic rings. The van der Waals surface area contributed by atoms with Crippen molar-refractivity contribution < 1.29 is 19.7 Å². The standard InChI is InChI=1S/C3H6O4/c1-6-3(5)2(4)7-3/h2,4-5H,1H3. The fourth-order valence-electron chi connectivity index (χ4n) is 0.275. The zero-order chi connectivity index (χ0) is 5.49. The van der Waals surface area contributed by atoms with Crippen LogP contribution in [-0.4, -0.2) is 29.6 Å². The zero-order valence-electron chi connectivity index (χ0n) is 3.79. The number of aliphatic hydroxyl groups is 2. The highest BCUT2D eigenvalue weighted by molar-refractivity contribution is 4.71. The molecule has 42 valence electrons. The molecule has 1 heterocycles. The van der Waals surface area contributed by atoms with Crippen molar-refractivity contribution in [3.63, 3.8) is 0 Å². The van der Waals surface area contributed by atoms with Crippen molar-refractivity contribution in [2.75, 3.05) is 7.11 Å². The Balaban J connectivity index is 2.36. The average molecular weight is 106 g/mol. The van der Waals surface area contributed by atoms with E-state index in [0.29, 0.717) is 0 Å². The minimum absolute atomic E-state index is 1.16. The second-order valence-corrected chi connectivity index (χ2v) is 1.31. The van der Waals surface area contributed by atoms with Gasteiger partial charge in [-0.2, -0.15) is 0 Å². The van der Waals surface area contributed by atoms with E-state index in [1.54, 1.807) is 0 Å². The summed E-state index contributed by atoms with van der Waals surface area (Å²) in [7, 11) is 1.25. The van der Waals surface area contributed by atoms with E-state index >= 15 is 0 Å². The topological polar surface area (TPSA) is 62.2 Å². The summed E-state index contributed by atoms with van der Waals surface area (Å²) in [5, 5.41) is 16.8. The molecule has 0 aliphatic carbocycles. The Morgan fingerprint density at radius 3 is 2.29 bits per heavy atom.